The van der Waals surface area contributed by atoms with E-state index < -0.39 is 17.9 Å². The molecule has 0 spiro atoms. The second kappa shape index (κ2) is 6.44. The van der Waals surface area contributed by atoms with E-state index >= 15 is 0 Å². The molecule has 6 nitrogen and oxygen atoms in total. The number of nitrogens with one attached hydrogen (secondary N) is 1. The Labute approximate surface area is 109 Å². The van der Waals surface area contributed by atoms with Crippen LogP contribution in [0.3, 0.4) is 0 Å². The van der Waals surface area contributed by atoms with Gasteiger partial charge in [-0.3, -0.25) is 4.79 Å². The van der Waals surface area contributed by atoms with Gasteiger partial charge < -0.3 is 14.8 Å². The van der Waals surface area contributed by atoms with Gasteiger partial charge in [-0.05, 0) is 13.2 Å². The van der Waals surface area contributed by atoms with Crippen LogP contribution >= 0.6 is 11.8 Å². The van der Waals surface area contributed by atoms with Gasteiger partial charge in [0.2, 0.25) is 5.76 Å². The van der Waals surface area contributed by atoms with Crippen molar-refractivity contribution in [3.63, 3.8) is 0 Å². The Morgan fingerprint density at radius 2 is 2.22 bits per heavy atom. The lowest BCUT2D eigenvalue weighted by atomic mass is 10.3. The van der Waals surface area contributed by atoms with Crippen LogP contribution in [0.15, 0.2) is 4.42 Å². The van der Waals surface area contributed by atoms with Gasteiger partial charge in [-0.2, -0.15) is 11.8 Å². The number of carbonyl (C=O) groups excluding carboxylic acids is 1. The standard InChI is InChI=1S/C11H16N2O4S/c1-4-8-12-6(2)9(17-8)10(14)13-7(5-18-3)11(15)16/h7H,4-5H2,1-3H3,(H,13,14)(H,15,16)/t7-/m0/s1. The number of hydrogen-bond donors (Lipinski definition) is 2. The summed E-state index contributed by atoms with van der Waals surface area (Å²) < 4.78 is 5.26. The van der Waals surface area contributed by atoms with Crippen molar-refractivity contribution in [2.45, 2.75) is 26.3 Å². The number of carbonyl (C=O) groups is 2. The summed E-state index contributed by atoms with van der Waals surface area (Å²) in [4.78, 5) is 26.9. The first-order valence-corrected chi connectivity index (χ1v) is 6.87. The molecular formula is C11H16N2O4S. The SMILES string of the molecule is CCc1nc(C)c(C(=O)N[C@@H](CSC)C(=O)O)o1. The van der Waals surface area contributed by atoms with Crippen molar-refractivity contribution in [1.29, 1.82) is 0 Å². The zero-order valence-corrected chi connectivity index (χ0v) is 11.3. The molecule has 7 heteroatoms. The Hall–Kier alpha value is -1.50. The number of nitrogens with zero attached hydrogens (tertiary/aromatic N) is 1. The van der Waals surface area contributed by atoms with E-state index in [2.05, 4.69) is 10.3 Å². The summed E-state index contributed by atoms with van der Waals surface area (Å²) in [6, 6.07) is -0.929. The third kappa shape index (κ3) is 3.49. The molecule has 0 saturated carbocycles. The molecule has 100 valence electrons. The molecule has 1 atom stereocenters. The molecule has 1 rings (SSSR count). The van der Waals surface area contributed by atoms with Crippen molar-refractivity contribution in [3.05, 3.63) is 17.3 Å². The van der Waals surface area contributed by atoms with E-state index in [0.717, 1.165) is 0 Å². The first kappa shape index (κ1) is 14.6. The molecule has 0 aliphatic carbocycles. The molecule has 18 heavy (non-hydrogen) atoms. The molecule has 0 bridgehead atoms. The summed E-state index contributed by atoms with van der Waals surface area (Å²) >= 11 is 1.35. The number of amides is 1. The fraction of sp³-hybridized carbons (Fsp3) is 0.545. The van der Waals surface area contributed by atoms with Crippen LogP contribution < -0.4 is 5.32 Å². The van der Waals surface area contributed by atoms with Crippen LogP contribution in [0.1, 0.15) is 29.1 Å². The van der Waals surface area contributed by atoms with Crippen molar-refractivity contribution < 1.29 is 19.1 Å². The fourth-order valence-electron chi connectivity index (χ4n) is 1.38. The number of carboxylic acid groups (broad SMARTS) is 1. The fourth-order valence-corrected chi connectivity index (χ4v) is 1.94. The van der Waals surface area contributed by atoms with Crippen LogP contribution in [0.25, 0.3) is 0 Å². The lowest BCUT2D eigenvalue weighted by molar-refractivity contribution is -0.138. The Bertz CT molecular complexity index is 444. The molecule has 0 aromatic carbocycles. The lowest BCUT2D eigenvalue weighted by Crippen LogP contribution is -2.42. The van der Waals surface area contributed by atoms with Gasteiger partial charge in [-0.15, -0.1) is 0 Å². The Balaban J connectivity index is 2.79. The monoisotopic (exact) mass is 272 g/mol. The molecule has 1 aromatic heterocycles. The molecule has 0 aliphatic rings. The van der Waals surface area contributed by atoms with Crippen molar-refractivity contribution in [2.75, 3.05) is 12.0 Å². The molecule has 0 saturated heterocycles. The van der Waals surface area contributed by atoms with E-state index in [1.165, 1.54) is 11.8 Å². The first-order valence-electron chi connectivity index (χ1n) is 5.48. The maximum atomic E-state index is 11.9. The zero-order chi connectivity index (χ0) is 13.7. The van der Waals surface area contributed by atoms with Gasteiger partial charge in [0.05, 0.1) is 5.69 Å². The van der Waals surface area contributed by atoms with Crippen molar-refractivity contribution in [1.82, 2.24) is 10.3 Å². The zero-order valence-electron chi connectivity index (χ0n) is 10.5. The highest BCUT2D eigenvalue weighted by Gasteiger charge is 2.23. The molecule has 1 aromatic rings. The Morgan fingerprint density at radius 3 is 2.67 bits per heavy atom. The number of hydrogen-bond acceptors (Lipinski definition) is 5. The predicted octanol–water partition coefficient (Wildman–Crippen LogP) is 1.09. The molecule has 0 aliphatic heterocycles. The minimum absolute atomic E-state index is 0.0826. The molecule has 2 N–H and O–H groups in total. The normalized spacial score (nSPS) is 12.2. The summed E-state index contributed by atoms with van der Waals surface area (Å²) in [5.74, 6) is -0.755. The topological polar surface area (TPSA) is 92.4 Å². The number of aryl methyl sites for hydroxylation is 2. The van der Waals surface area contributed by atoms with Crippen LogP contribution in [0.4, 0.5) is 0 Å². The van der Waals surface area contributed by atoms with E-state index in [-0.39, 0.29) is 5.76 Å². The second-order valence-electron chi connectivity index (χ2n) is 3.70. The summed E-state index contributed by atoms with van der Waals surface area (Å²) in [6.45, 7) is 3.52. The van der Waals surface area contributed by atoms with E-state index in [1.807, 2.05) is 6.92 Å². The number of rotatable bonds is 6. The minimum atomic E-state index is -1.06. The van der Waals surface area contributed by atoms with E-state index in [1.54, 1.807) is 13.2 Å². The molecular weight excluding hydrogens is 256 g/mol. The van der Waals surface area contributed by atoms with E-state index in [9.17, 15) is 9.59 Å². The van der Waals surface area contributed by atoms with Crippen molar-refractivity contribution in [2.24, 2.45) is 0 Å². The van der Waals surface area contributed by atoms with Crippen molar-refractivity contribution in [3.8, 4) is 0 Å². The first-order chi connectivity index (χ1) is 8.49. The average Bonchev–Trinajstić information content (AvgIpc) is 2.69. The summed E-state index contributed by atoms with van der Waals surface area (Å²) in [5, 5.41) is 11.4. The van der Waals surface area contributed by atoms with Crippen LogP contribution in [-0.2, 0) is 11.2 Å². The Morgan fingerprint density at radius 1 is 1.56 bits per heavy atom. The van der Waals surface area contributed by atoms with Crippen LogP contribution in [-0.4, -0.2) is 40.0 Å². The highest BCUT2D eigenvalue weighted by atomic mass is 32.2. The number of aliphatic carboxylic acids is 1. The maximum Gasteiger partial charge on any atom is 0.327 e. The van der Waals surface area contributed by atoms with Gasteiger partial charge in [0, 0.05) is 12.2 Å². The summed E-state index contributed by atoms with van der Waals surface area (Å²) in [5.41, 5.74) is 0.470. The van der Waals surface area contributed by atoms with Crippen molar-refractivity contribution >= 4 is 23.6 Å². The van der Waals surface area contributed by atoms with Gasteiger partial charge in [0.1, 0.15) is 6.04 Å². The summed E-state index contributed by atoms with van der Waals surface area (Å²) in [7, 11) is 0. The van der Waals surface area contributed by atoms with Gasteiger partial charge in [-0.1, -0.05) is 6.92 Å². The van der Waals surface area contributed by atoms with Gasteiger partial charge in [0.25, 0.3) is 5.91 Å². The summed E-state index contributed by atoms with van der Waals surface area (Å²) in [6.07, 6.45) is 2.36. The highest BCUT2D eigenvalue weighted by molar-refractivity contribution is 7.98. The quantitative estimate of drug-likeness (QED) is 0.805. The number of carboxylic acids is 1. The smallest absolute Gasteiger partial charge is 0.327 e. The predicted molar refractivity (Wildman–Crippen MR) is 67.9 cm³/mol. The highest BCUT2D eigenvalue weighted by Crippen LogP contribution is 2.11. The maximum absolute atomic E-state index is 11.9. The van der Waals surface area contributed by atoms with Gasteiger partial charge >= 0.3 is 5.97 Å². The van der Waals surface area contributed by atoms with Gasteiger partial charge in [0.15, 0.2) is 5.89 Å². The van der Waals surface area contributed by atoms with Crippen LogP contribution in [0.2, 0.25) is 0 Å². The third-order valence-corrected chi connectivity index (χ3v) is 2.95. The van der Waals surface area contributed by atoms with E-state index in [0.29, 0.717) is 23.8 Å². The molecule has 0 radical (unpaired) electrons. The average molecular weight is 272 g/mol. The molecule has 1 amide bonds. The number of oxazole rings is 1. The number of thioether (sulfide) groups is 1. The Kier molecular flexibility index (Phi) is 5.21. The third-order valence-electron chi connectivity index (χ3n) is 2.29. The molecule has 1 heterocycles. The van der Waals surface area contributed by atoms with Crippen LogP contribution in [0, 0.1) is 6.92 Å². The minimum Gasteiger partial charge on any atom is -0.480 e. The largest absolute Gasteiger partial charge is 0.480 e. The molecule has 0 unspecified atom stereocenters. The van der Waals surface area contributed by atoms with Crippen LogP contribution in [0.5, 0.6) is 0 Å². The number of aromatic nitrogens is 1. The lowest BCUT2D eigenvalue weighted by Gasteiger charge is -2.11. The van der Waals surface area contributed by atoms with E-state index in [4.69, 9.17) is 9.52 Å². The second-order valence-corrected chi connectivity index (χ2v) is 4.61. The van der Waals surface area contributed by atoms with Gasteiger partial charge in [-0.25, -0.2) is 9.78 Å². The molecule has 0 fully saturated rings.